The molecule has 3 N–H and O–H groups in total. The maximum atomic E-state index is 13.1. The second-order valence-corrected chi connectivity index (χ2v) is 31.4. The van der Waals surface area contributed by atoms with Crippen molar-refractivity contribution in [2.24, 2.45) is 11.8 Å². The van der Waals surface area contributed by atoms with E-state index in [4.69, 9.17) is 37.0 Å². The Bertz CT molecular complexity index is 1860. The Hall–Kier alpha value is -1.94. The number of hydrogen-bond donors (Lipinski definition) is 3. The summed E-state index contributed by atoms with van der Waals surface area (Å²) in [5, 5.41) is 10.6. The van der Waals surface area contributed by atoms with Gasteiger partial charge >= 0.3 is 39.5 Å². The summed E-state index contributed by atoms with van der Waals surface area (Å²) in [5.74, 6) is -0.509. The van der Waals surface area contributed by atoms with Crippen molar-refractivity contribution in [1.29, 1.82) is 0 Å². The van der Waals surface area contributed by atoms with Crippen molar-refractivity contribution < 1.29 is 80.2 Å². The van der Waals surface area contributed by atoms with E-state index in [1.54, 1.807) is 0 Å². The number of carbonyl (C=O) groups excluding carboxylic acids is 4. The van der Waals surface area contributed by atoms with Gasteiger partial charge in [0.2, 0.25) is 0 Å². The number of carbonyl (C=O) groups is 4. The zero-order chi connectivity index (χ0) is 70.7. The number of unbranched alkanes of at least 4 members (excludes halogenated alkanes) is 45. The Kier molecular flexibility index (Phi) is 67.4. The van der Waals surface area contributed by atoms with Gasteiger partial charge in [0, 0.05) is 25.7 Å². The predicted molar refractivity (Wildman–Crippen MR) is 391 cm³/mol. The molecule has 19 heteroatoms. The van der Waals surface area contributed by atoms with Crippen LogP contribution in [0.2, 0.25) is 0 Å². The number of rotatable bonds is 76. The molecule has 0 saturated heterocycles. The molecule has 3 unspecified atom stereocenters. The topological polar surface area (TPSA) is 237 Å². The summed E-state index contributed by atoms with van der Waals surface area (Å²) < 4.78 is 68.5. The first-order valence-corrected chi connectivity index (χ1v) is 43.0. The molecule has 96 heavy (non-hydrogen) atoms. The van der Waals surface area contributed by atoms with Crippen molar-refractivity contribution in [1.82, 2.24) is 0 Å². The monoisotopic (exact) mass is 1410 g/mol. The lowest BCUT2D eigenvalue weighted by Crippen LogP contribution is -2.30. The highest BCUT2D eigenvalue weighted by Gasteiger charge is 2.30. The van der Waals surface area contributed by atoms with Gasteiger partial charge in [-0.2, -0.15) is 0 Å². The molecule has 0 bridgehead atoms. The van der Waals surface area contributed by atoms with Crippen molar-refractivity contribution in [2.45, 2.75) is 419 Å². The molecular formula is C77H150O17P2. The summed E-state index contributed by atoms with van der Waals surface area (Å²) in [7, 11) is -9.91. The lowest BCUT2D eigenvalue weighted by atomic mass is 9.99. The third-order valence-corrected chi connectivity index (χ3v) is 20.2. The van der Waals surface area contributed by atoms with Crippen LogP contribution in [0.25, 0.3) is 0 Å². The lowest BCUT2D eigenvalue weighted by molar-refractivity contribution is -0.161. The van der Waals surface area contributed by atoms with E-state index in [9.17, 15) is 43.2 Å². The third-order valence-electron chi connectivity index (χ3n) is 18.3. The van der Waals surface area contributed by atoms with E-state index in [1.165, 1.54) is 212 Å². The Labute approximate surface area is 588 Å². The maximum Gasteiger partial charge on any atom is 0.472 e. The molecule has 0 amide bonds. The standard InChI is InChI=1S/C77H150O17P2/c1-7-10-12-14-16-18-19-20-28-31-36-42-48-54-60-75(80)88-66-73(93-76(81)61-55-49-43-37-32-29-26-24-22-21-23-25-27-30-35-40-46-52-58-70(6)9-3)68-92-96(85,86)90-64-71(78)63-89-95(83,84)91-67-72(65-87-74(79)59-53-47-41-17-15-13-11-8-2)94-77(82)62-56-50-44-38-33-34-39-45-51-57-69(4)5/h69-73,78H,7-68H2,1-6H3,(H,83,84)(H,85,86)/t70?,71-,72+,73+/m0/s1. The average Bonchev–Trinajstić information content (AvgIpc) is 1.10. The van der Waals surface area contributed by atoms with Crippen molar-refractivity contribution in [3.8, 4) is 0 Å². The summed E-state index contributed by atoms with van der Waals surface area (Å²) >= 11 is 0. The van der Waals surface area contributed by atoms with E-state index < -0.39 is 97.5 Å². The van der Waals surface area contributed by atoms with E-state index in [-0.39, 0.29) is 25.7 Å². The molecule has 0 spiro atoms. The van der Waals surface area contributed by atoms with Crippen LogP contribution in [0.5, 0.6) is 0 Å². The predicted octanol–water partition coefficient (Wildman–Crippen LogP) is 22.7. The van der Waals surface area contributed by atoms with Crippen LogP contribution in [0.1, 0.15) is 401 Å². The van der Waals surface area contributed by atoms with E-state index in [0.29, 0.717) is 25.7 Å². The molecule has 0 aromatic heterocycles. The highest BCUT2D eigenvalue weighted by molar-refractivity contribution is 7.47. The molecule has 570 valence electrons. The zero-order valence-electron chi connectivity index (χ0n) is 62.7. The number of ether oxygens (including phenoxy) is 4. The van der Waals surface area contributed by atoms with Crippen LogP contribution >= 0.6 is 15.6 Å². The smallest absolute Gasteiger partial charge is 0.462 e. The molecule has 0 aromatic carbocycles. The summed E-state index contributed by atoms with van der Waals surface area (Å²) in [6.07, 6.45) is 57.0. The largest absolute Gasteiger partial charge is 0.472 e. The van der Waals surface area contributed by atoms with Crippen LogP contribution in [-0.2, 0) is 65.4 Å². The molecule has 0 rings (SSSR count). The van der Waals surface area contributed by atoms with Crippen molar-refractivity contribution in [3.05, 3.63) is 0 Å². The minimum atomic E-state index is -4.96. The van der Waals surface area contributed by atoms with E-state index >= 15 is 0 Å². The van der Waals surface area contributed by atoms with Crippen LogP contribution in [0.15, 0.2) is 0 Å². The molecule has 0 aliphatic heterocycles. The van der Waals surface area contributed by atoms with Crippen LogP contribution in [0.3, 0.4) is 0 Å². The average molecular weight is 1410 g/mol. The molecular weight excluding hydrogens is 1260 g/mol. The van der Waals surface area contributed by atoms with Gasteiger partial charge < -0.3 is 33.8 Å². The Morgan fingerprint density at radius 3 is 0.792 bits per heavy atom. The molecule has 6 atom stereocenters. The van der Waals surface area contributed by atoms with Gasteiger partial charge in [-0.05, 0) is 37.5 Å². The number of hydrogen-bond acceptors (Lipinski definition) is 15. The first-order chi connectivity index (χ1) is 46.4. The Morgan fingerprint density at radius 1 is 0.302 bits per heavy atom. The van der Waals surface area contributed by atoms with E-state index in [1.807, 2.05) is 0 Å². The molecule has 0 heterocycles. The highest BCUT2D eigenvalue weighted by atomic mass is 31.2. The van der Waals surface area contributed by atoms with Gasteiger partial charge in [0.25, 0.3) is 0 Å². The normalized spacial score (nSPS) is 14.3. The molecule has 0 saturated carbocycles. The number of aliphatic hydroxyl groups is 1. The number of aliphatic hydroxyl groups excluding tert-OH is 1. The fourth-order valence-electron chi connectivity index (χ4n) is 11.8. The molecule has 0 radical (unpaired) electrons. The minimum absolute atomic E-state index is 0.105. The van der Waals surface area contributed by atoms with Gasteiger partial charge in [-0.1, -0.05) is 350 Å². The van der Waals surface area contributed by atoms with Crippen molar-refractivity contribution >= 4 is 39.5 Å². The Balaban J connectivity index is 5.17. The molecule has 0 aliphatic rings. The first kappa shape index (κ1) is 94.1. The van der Waals surface area contributed by atoms with E-state index in [0.717, 1.165) is 108 Å². The quantitative estimate of drug-likeness (QED) is 0.0222. The molecule has 0 aromatic rings. The fourth-order valence-corrected chi connectivity index (χ4v) is 13.4. The van der Waals surface area contributed by atoms with Gasteiger partial charge in [0.05, 0.1) is 26.4 Å². The summed E-state index contributed by atoms with van der Waals surface area (Å²) in [5.41, 5.74) is 0. The molecule has 0 fully saturated rings. The molecule has 0 aliphatic carbocycles. The first-order valence-electron chi connectivity index (χ1n) is 40.0. The van der Waals surface area contributed by atoms with Crippen LogP contribution in [-0.4, -0.2) is 96.7 Å². The molecule has 17 nitrogen and oxygen atoms in total. The number of phosphoric acid groups is 2. The number of esters is 4. The second kappa shape index (κ2) is 68.8. The van der Waals surface area contributed by atoms with Crippen LogP contribution < -0.4 is 0 Å². The van der Waals surface area contributed by atoms with Crippen LogP contribution in [0.4, 0.5) is 0 Å². The maximum absolute atomic E-state index is 13.1. The Morgan fingerprint density at radius 2 is 0.531 bits per heavy atom. The summed E-state index contributed by atoms with van der Waals surface area (Å²) in [6.45, 7) is 9.62. The second-order valence-electron chi connectivity index (χ2n) is 28.5. The van der Waals surface area contributed by atoms with Gasteiger partial charge in [0.15, 0.2) is 12.2 Å². The lowest BCUT2D eigenvalue weighted by Gasteiger charge is -2.21. The number of phosphoric ester groups is 2. The minimum Gasteiger partial charge on any atom is -0.462 e. The summed E-state index contributed by atoms with van der Waals surface area (Å²) in [4.78, 5) is 72.7. The van der Waals surface area contributed by atoms with Gasteiger partial charge in [0.1, 0.15) is 19.3 Å². The van der Waals surface area contributed by atoms with E-state index in [2.05, 4.69) is 41.5 Å². The van der Waals surface area contributed by atoms with Crippen molar-refractivity contribution in [3.63, 3.8) is 0 Å². The van der Waals surface area contributed by atoms with Gasteiger partial charge in [-0.25, -0.2) is 9.13 Å². The van der Waals surface area contributed by atoms with Gasteiger partial charge in [-0.3, -0.25) is 37.3 Å². The summed E-state index contributed by atoms with van der Waals surface area (Å²) in [6, 6.07) is 0. The fraction of sp³-hybridized carbons (Fsp3) is 0.948. The zero-order valence-corrected chi connectivity index (χ0v) is 64.5. The van der Waals surface area contributed by atoms with Crippen LogP contribution in [0, 0.1) is 11.8 Å². The highest BCUT2D eigenvalue weighted by Crippen LogP contribution is 2.45. The third kappa shape index (κ3) is 69.2. The SMILES string of the molecule is CCCCCCCCCCCCCCCCC(=O)OC[C@H](COP(=O)(O)OC[C@@H](O)COP(=O)(O)OC[C@@H](COC(=O)CCCCCCCCCC)OC(=O)CCCCCCCCCCCC(C)C)OC(=O)CCCCCCCCCCCCCCCCCCCCC(C)CC. The van der Waals surface area contributed by atoms with Gasteiger partial charge in [-0.15, -0.1) is 0 Å². The van der Waals surface area contributed by atoms with Crippen molar-refractivity contribution in [2.75, 3.05) is 39.6 Å².